The third kappa shape index (κ3) is 4.13. The van der Waals surface area contributed by atoms with Gasteiger partial charge in [0, 0.05) is 6.42 Å². The summed E-state index contributed by atoms with van der Waals surface area (Å²) in [4.78, 5) is 20.9. The van der Waals surface area contributed by atoms with E-state index in [-0.39, 0.29) is 11.7 Å². The third-order valence-electron chi connectivity index (χ3n) is 2.54. The van der Waals surface area contributed by atoms with Gasteiger partial charge in [0.15, 0.2) is 0 Å². The number of amides is 1. The summed E-state index contributed by atoms with van der Waals surface area (Å²) in [7, 11) is 0. The van der Waals surface area contributed by atoms with E-state index in [9.17, 15) is 14.9 Å². The van der Waals surface area contributed by atoms with Gasteiger partial charge in [-0.15, -0.1) is 0 Å². The number of unbranched alkanes of at least 4 members (excludes halogenated alkanes) is 2. The maximum atomic E-state index is 10.8. The summed E-state index contributed by atoms with van der Waals surface area (Å²) in [5, 5.41) is 14.5. The van der Waals surface area contributed by atoms with Gasteiger partial charge in [0.25, 0.3) is 0 Å². The van der Waals surface area contributed by atoms with Crippen LogP contribution in [0.4, 0.5) is 5.82 Å². The van der Waals surface area contributed by atoms with Gasteiger partial charge in [-0.1, -0.05) is 6.42 Å². The number of hydrogen-bond donors (Lipinski definition) is 2. The average molecular weight is 255 g/mol. The van der Waals surface area contributed by atoms with E-state index in [0.29, 0.717) is 18.5 Å². The standard InChI is InChI=1S/C10H17N5O3/c1-8-7-14(13-10(8)15(17)18)6-4-2-3-5-9(16)12-11/h7H,2-6,11H2,1H3,(H,12,16). The number of nitro groups is 1. The van der Waals surface area contributed by atoms with Gasteiger partial charge in [-0.05, 0) is 24.7 Å². The molecule has 0 saturated carbocycles. The number of rotatable bonds is 7. The van der Waals surface area contributed by atoms with Crippen LogP contribution in [0.3, 0.4) is 0 Å². The lowest BCUT2D eigenvalue weighted by Crippen LogP contribution is -2.29. The molecule has 1 aromatic heterocycles. The van der Waals surface area contributed by atoms with Crippen molar-refractivity contribution in [2.75, 3.05) is 0 Å². The molecule has 0 unspecified atom stereocenters. The highest BCUT2D eigenvalue weighted by Gasteiger charge is 2.16. The minimum absolute atomic E-state index is 0.0995. The summed E-state index contributed by atoms with van der Waals surface area (Å²) in [5.41, 5.74) is 2.62. The molecule has 0 aliphatic carbocycles. The first-order valence-electron chi connectivity index (χ1n) is 5.72. The van der Waals surface area contributed by atoms with Crippen molar-refractivity contribution in [1.82, 2.24) is 15.2 Å². The normalized spacial score (nSPS) is 10.3. The summed E-state index contributed by atoms with van der Waals surface area (Å²) >= 11 is 0. The molecule has 1 heterocycles. The first-order valence-corrected chi connectivity index (χ1v) is 5.72. The molecular formula is C10H17N5O3. The monoisotopic (exact) mass is 255 g/mol. The van der Waals surface area contributed by atoms with Gasteiger partial charge < -0.3 is 10.1 Å². The Balaban J connectivity index is 2.29. The number of hydrazine groups is 1. The van der Waals surface area contributed by atoms with Gasteiger partial charge in [-0.3, -0.25) is 10.2 Å². The van der Waals surface area contributed by atoms with Crippen LogP contribution in [0, 0.1) is 17.0 Å². The fourth-order valence-electron chi connectivity index (χ4n) is 1.61. The minimum Gasteiger partial charge on any atom is -0.358 e. The van der Waals surface area contributed by atoms with Gasteiger partial charge in [0.1, 0.15) is 0 Å². The van der Waals surface area contributed by atoms with Crippen LogP contribution in [0.25, 0.3) is 0 Å². The van der Waals surface area contributed by atoms with Crippen molar-refractivity contribution in [3.8, 4) is 0 Å². The Hall–Kier alpha value is -1.96. The number of aromatic nitrogens is 2. The van der Waals surface area contributed by atoms with Crippen molar-refractivity contribution in [3.63, 3.8) is 0 Å². The molecule has 8 nitrogen and oxygen atoms in total. The Labute approximate surface area is 104 Å². The maximum absolute atomic E-state index is 10.8. The first-order chi connectivity index (χ1) is 8.54. The summed E-state index contributed by atoms with van der Waals surface area (Å²) in [6.45, 7) is 2.27. The molecule has 0 bridgehead atoms. The summed E-state index contributed by atoms with van der Waals surface area (Å²) in [5.74, 6) is 4.67. The molecule has 3 N–H and O–H groups in total. The zero-order valence-corrected chi connectivity index (χ0v) is 10.3. The van der Waals surface area contributed by atoms with Crippen LogP contribution >= 0.6 is 0 Å². The van der Waals surface area contributed by atoms with Gasteiger partial charge in [-0.25, -0.2) is 5.84 Å². The molecule has 0 aliphatic rings. The summed E-state index contributed by atoms with van der Waals surface area (Å²) < 4.78 is 1.57. The zero-order chi connectivity index (χ0) is 13.5. The highest BCUT2D eigenvalue weighted by Crippen LogP contribution is 2.14. The van der Waals surface area contributed by atoms with Crippen LogP contribution in [0.1, 0.15) is 31.2 Å². The number of hydrogen-bond acceptors (Lipinski definition) is 5. The molecule has 0 radical (unpaired) electrons. The molecule has 1 amide bonds. The van der Waals surface area contributed by atoms with E-state index in [1.807, 2.05) is 0 Å². The average Bonchev–Trinajstić information content (AvgIpc) is 2.70. The minimum atomic E-state index is -0.489. The molecule has 100 valence electrons. The van der Waals surface area contributed by atoms with Crippen LogP contribution in [-0.2, 0) is 11.3 Å². The number of carbonyl (C=O) groups excluding carboxylic acids is 1. The van der Waals surface area contributed by atoms with Crippen molar-refractivity contribution in [2.24, 2.45) is 5.84 Å². The lowest BCUT2D eigenvalue weighted by atomic mass is 10.2. The Morgan fingerprint density at radius 2 is 2.28 bits per heavy atom. The fraction of sp³-hybridized carbons (Fsp3) is 0.600. The number of nitrogens with two attached hydrogens (primary N) is 1. The SMILES string of the molecule is Cc1cn(CCCCCC(=O)NN)nc1[N+](=O)[O-]. The van der Waals surface area contributed by atoms with Crippen LogP contribution in [-0.4, -0.2) is 20.6 Å². The number of nitrogens with zero attached hydrogens (tertiary/aromatic N) is 3. The van der Waals surface area contributed by atoms with E-state index < -0.39 is 4.92 Å². The molecule has 1 aromatic rings. The van der Waals surface area contributed by atoms with Crippen LogP contribution in [0.15, 0.2) is 6.20 Å². The van der Waals surface area contributed by atoms with Gasteiger partial charge in [0.05, 0.1) is 23.4 Å². The third-order valence-corrected chi connectivity index (χ3v) is 2.54. The Morgan fingerprint density at radius 1 is 1.56 bits per heavy atom. The van der Waals surface area contributed by atoms with E-state index in [1.165, 1.54) is 0 Å². The second-order valence-electron chi connectivity index (χ2n) is 4.03. The quantitative estimate of drug-likeness (QED) is 0.244. The summed E-state index contributed by atoms with van der Waals surface area (Å²) in [6.07, 6.45) is 4.46. The van der Waals surface area contributed by atoms with E-state index >= 15 is 0 Å². The van der Waals surface area contributed by atoms with Crippen molar-refractivity contribution >= 4 is 11.7 Å². The number of nitrogens with one attached hydrogen (secondary N) is 1. The Kier molecular flexibility index (Phi) is 5.25. The molecule has 0 aliphatic heterocycles. The molecule has 0 spiro atoms. The van der Waals surface area contributed by atoms with Crippen molar-refractivity contribution in [1.29, 1.82) is 0 Å². The van der Waals surface area contributed by atoms with E-state index in [4.69, 9.17) is 5.84 Å². The molecular weight excluding hydrogens is 238 g/mol. The lowest BCUT2D eigenvalue weighted by Gasteiger charge is -1.99. The topological polar surface area (TPSA) is 116 Å². The lowest BCUT2D eigenvalue weighted by molar-refractivity contribution is -0.390. The molecule has 0 saturated heterocycles. The van der Waals surface area contributed by atoms with E-state index in [0.717, 1.165) is 19.3 Å². The Morgan fingerprint density at radius 3 is 2.83 bits per heavy atom. The van der Waals surface area contributed by atoms with Gasteiger partial charge in [-0.2, -0.15) is 4.68 Å². The van der Waals surface area contributed by atoms with Crippen LogP contribution < -0.4 is 11.3 Å². The largest absolute Gasteiger partial charge is 0.392 e. The predicted molar refractivity (Wildman–Crippen MR) is 64.4 cm³/mol. The van der Waals surface area contributed by atoms with Crippen molar-refractivity contribution in [2.45, 2.75) is 39.2 Å². The second-order valence-corrected chi connectivity index (χ2v) is 4.03. The number of carbonyl (C=O) groups is 1. The maximum Gasteiger partial charge on any atom is 0.392 e. The zero-order valence-electron chi connectivity index (χ0n) is 10.3. The Bertz CT molecular complexity index is 429. The first kappa shape index (κ1) is 14.1. The van der Waals surface area contributed by atoms with E-state index in [2.05, 4.69) is 10.5 Å². The molecule has 18 heavy (non-hydrogen) atoms. The van der Waals surface area contributed by atoms with Gasteiger partial charge >= 0.3 is 5.82 Å². The highest BCUT2D eigenvalue weighted by atomic mass is 16.6. The summed E-state index contributed by atoms with van der Waals surface area (Å²) in [6, 6.07) is 0. The van der Waals surface area contributed by atoms with E-state index in [1.54, 1.807) is 17.8 Å². The fourth-order valence-corrected chi connectivity index (χ4v) is 1.61. The van der Waals surface area contributed by atoms with Crippen molar-refractivity contribution < 1.29 is 9.72 Å². The van der Waals surface area contributed by atoms with Crippen LogP contribution in [0.5, 0.6) is 0 Å². The molecule has 0 atom stereocenters. The highest BCUT2D eigenvalue weighted by molar-refractivity contribution is 5.74. The predicted octanol–water partition coefficient (Wildman–Crippen LogP) is 0.650. The molecule has 8 heteroatoms. The molecule has 0 fully saturated rings. The van der Waals surface area contributed by atoms with Crippen molar-refractivity contribution in [3.05, 3.63) is 21.9 Å². The molecule has 0 aromatic carbocycles. The molecule has 1 rings (SSSR count). The van der Waals surface area contributed by atoms with Crippen LogP contribution in [0.2, 0.25) is 0 Å². The number of aryl methyl sites for hydroxylation is 2. The smallest absolute Gasteiger partial charge is 0.358 e. The van der Waals surface area contributed by atoms with Gasteiger partial charge in [0.2, 0.25) is 5.91 Å². The second kappa shape index (κ2) is 6.70.